The fraction of sp³-hybridized carbons (Fsp3) is 0.300. The fourth-order valence-electron chi connectivity index (χ4n) is 1.10. The maximum atomic E-state index is 8.88. The molecule has 3 N–H and O–H groups in total. The molecule has 0 radical (unpaired) electrons. The van der Waals surface area contributed by atoms with Gasteiger partial charge < -0.3 is 10.8 Å². The molecule has 70 valence electrons. The molecule has 1 aromatic heterocycles. The van der Waals surface area contributed by atoms with Crippen LogP contribution in [0, 0.1) is 0 Å². The highest BCUT2D eigenvalue weighted by molar-refractivity contribution is 5.18. The van der Waals surface area contributed by atoms with Crippen LogP contribution in [-0.2, 0) is 6.61 Å². The summed E-state index contributed by atoms with van der Waals surface area (Å²) in [6, 6.07) is 3.46. The van der Waals surface area contributed by atoms with Gasteiger partial charge in [0.25, 0.3) is 0 Å². The Labute approximate surface area is 77.9 Å². The number of rotatable bonds is 4. The SMILES string of the molecule is C=CCC(N)c1cc(CO)ccn1. The van der Waals surface area contributed by atoms with Crippen LogP contribution in [0.2, 0.25) is 0 Å². The molecule has 0 aliphatic heterocycles. The summed E-state index contributed by atoms with van der Waals surface area (Å²) in [5, 5.41) is 8.88. The lowest BCUT2D eigenvalue weighted by Gasteiger charge is -2.08. The van der Waals surface area contributed by atoms with E-state index in [4.69, 9.17) is 10.8 Å². The molecular formula is C10H14N2O. The van der Waals surface area contributed by atoms with Gasteiger partial charge in [-0.3, -0.25) is 4.98 Å². The second-order valence-electron chi connectivity index (χ2n) is 2.88. The van der Waals surface area contributed by atoms with Crippen molar-refractivity contribution in [2.75, 3.05) is 0 Å². The summed E-state index contributed by atoms with van der Waals surface area (Å²) in [6.45, 7) is 3.64. The van der Waals surface area contributed by atoms with Crippen LogP contribution in [0.3, 0.4) is 0 Å². The second kappa shape index (κ2) is 4.74. The van der Waals surface area contributed by atoms with Crippen molar-refractivity contribution < 1.29 is 5.11 Å². The van der Waals surface area contributed by atoms with Crippen LogP contribution >= 0.6 is 0 Å². The Kier molecular flexibility index (Phi) is 3.61. The molecule has 1 aromatic rings. The smallest absolute Gasteiger partial charge is 0.0683 e. The van der Waals surface area contributed by atoms with E-state index >= 15 is 0 Å². The van der Waals surface area contributed by atoms with Gasteiger partial charge in [0.1, 0.15) is 0 Å². The zero-order valence-corrected chi connectivity index (χ0v) is 7.48. The number of aliphatic hydroxyl groups is 1. The Hall–Kier alpha value is -1.19. The molecular weight excluding hydrogens is 164 g/mol. The van der Waals surface area contributed by atoms with E-state index in [-0.39, 0.29) is 12.6 Å². The van der Waals surface area contributed by atoms with Gasteiger partial charge in [-0.05, 0) is 24.1 Å². The van der Waals surface area contributed by atoms with Gasteiger partial charge in [0.05, 0.1) is 18.3 Å². The molecule has 13 heavy (non-hydrogen) atoms. The first-order valence-corrected chi connectivity index (χ1v) is 4.20. The average Bonchev–Trinajstić information content (AvgIpc) is 2.18. The van der Waals surface area contributed by atoms with Crippen molar-refractivity contribution in [2.24, 2.45) is 5.73 Å². The van der Waals surface area contributed by atoms with Crippen molar-refractivity contribution in [3.05, 3.63) is 42.2 Å². The van der Waals surface area contributed by atoms with Crippen LogP contribution in [0.5, 0.6) is 0 Å². The lowest BCUT2D eigenvalue weighted by molar-refractivity contribution is 0.281. The van der Waals surface area contributed by atoms with Crippen LogP contribution in [0.15, 0.2) is 31.0 Å². The van der Waals surface area contributed by atoms with Crippen molar-refractivity contribution in [1.29, 1.82) is 0 Å². The number of aromatic nitrogens is 1. The van der Waals surface area contributed by atoms with Crippen molar-refractivity contribution in [3.8, 4) is 0 Å². The lowest BCUT2D eigenvalue weighted by Crippen LogP contribution is -2.11. The summed E-state index contributed by atoms with van der Waals surface area (Å²) < 4.78 is 0. The van der Waals surface area contributed by atoms with E-state index in [9.17, 15) is 0 Å². The van der Waals surface area contributed by atoms with Crippen LogP contribution in [0.1, 0.15) is 23.7 Å². The number of pyridine rings is 1. The monoisotopic (exact) mass is 178 g/mol. The molecule has 1 atom stereocenters. The van der Waals surface area contributed by atoms with Crippen LogP contribution in [0.25, 0.3) is 0 Å². The number of hydrogen-bond acceptors (Lipinski definition) is 3. The van der Waals surface area contributed by atoms with E-state index in [1.165, 1.54) is 0 Å². The highest BCUT2D eigenvalue weighted by Crippen LogP contribution is 2.12. The Morgan fingerprint density at radius 1 is 1.69 bits per heavy atom. The zero-order valence-electron chi connectivity index (χ0n) is 7.48. The van der Waals surface area contributed by atoms with Gasteiger partial charge in [-0.1, -0.05) is 6.08 Å². The van der Waals surface area contributed by atoms with E-state index in [1.807, 2.05) is 6.07 Å². The number of hydrogen-bond donors (Lipinski definition) is 2. The predicted octanol–water partition coefficient (Wildman–Crippen LogP) is 1.15. The van der Waals surface area contributed by atoms with E-state index < -0.39 is 0 Å². The van der Waals surface area contributed by atoms with Gasteiger partial charge in [-0.15, -0.1) is 6.58 Å². The van der Waals surface area contributed by atoms with Gasteiger partial charge in [-0.2, -0.15) is 0 Å². The summed E-state index contributed by atoms with van der Waals surface area (Å²) >= 11 is 0. The van der Waals surface area contributed by atoms with E-state index in [0.29, 0.717) is 6.42 Å². The molecule has 0 aliphatic rings. The Morgan fingerprint density at radius 3 is 3.08 bits per heavy atom. The summed E-state index contributed by atoms with van der Waals surface area (Å²) in [6.07, 6.45) is 4.11. The van der Waals surface area contributed by atoms with Gasteiger partial charge >= 0.3 is 0 Å². The molecule has 1 rings (SSSR count). The summed E-state index contributed by atoms with van der Waals surface area (Å²) in [5.41, 5.74) is 7.45. The Balaban J connectivity index is 2.81. The van der Waals surface area contributed by atoms with Gasteiger partial charge in [-0.25, -0.2) is 0 Å². The normalized spacial score (nSPS) is 12.5. The molecule has 0 spiro atoms. The average molecular weight is 178 g/mol. The number of nitrogens with zero attached hydrogens (tertiary/aromatic N) is 1. The maximum absolute atomic E-state index is 8.88. The molecule has 1 heterocycles. The minimum absolute atomic E-state index is 0.0241. The molecule has 0 amide bonds. The highest BCUT2D eigenvalue weighted by atomic mass is 16.3. The van der Waals surface area contributed by atoms with Crippen LogP contribution < -0.4 is 5.73 Å². The first-order valence-electron chi connectivity index (χ1n) is 4.20. The standard InChI is InChI=1S/C10H14N2O/c1-2-3-9(11)10-6-8(7-13)4-5-12-10/h2,4-6,9,13H,1,3,7,11H2. The third-order valence-corrected chi connectivity index (χ3v) is 1.83. The quantitative estimate of drug-likeness (QED) is 0.680. The molecule has 0 saturated carbocycles. The minimum Gasteiger partial charge on any atom is -0.392 e. The van der Waals surface area contributed by atoms with E-state index in [2.05, 4.69) is 11.6 Å². The van der Waals surface area contributed by atoms with Crippen molar-refractivity contribution >= 4 is 0 Å². The number of aliphatic hydroxyl groups excluding tert-OH is 1. The Morgan fingerprint density at radius 2 is 2.46 bits per heavy atom. The summed E-state index contributed by atoms with van der Waals surface area (Å²) in [5.74, 6) is 0. The first-order chi connectivity index (χ1) is 6.27. The molecule has 0 aromatic carbocycles. The van der Waals surface area contributed by atoms with Crippen LogP contribution in [-0.4, -0.2) is 10.1 Å². The summed E-state index contributed by atoms with van der Waals surface area (Å²) in [4.78, 5) is 4.12. The van der Waals surface area contributed by atoms with Crippen molar-refractivity contribution in [1.82, 2.24) is 4.98 Å². The predicted molar refractivity (Wildman–Crippen MR) is 51.9 cm³/mol. The van der Waals surface area contributed by atoms with E-state index in [0.717, 1.165) is 11.3 Å². The van der Waals surface area contributed by atoms with Gasteiger partial charge in [0.2, 0.25) is 0 Å². The molecule has 0 saturated heterocycles. The molecule has 0 bridgehead atoms. The third-order valence-electron chi connectivity index (χ3n) is 1.83. The maximum Gasteiger partial charge on any atom is 0.0683 e. The first kappa shape index (κ1) is 9.89. The molecule has 3 heteroatoms. The van der Waals surface area contributed by atoms with Crippen molar-refractivity contribution in [3.63, 3.8) is 0 Å². The molecule has 0 fully saturated rings. The third kappa shape index (κ3) is 2.65. The topological polar surface area (TPSA) is 59.1 Å². The van der Waals surface area contributed by atoms with Crippen LogP contribution in [0.4, 0.5) is 0 Å². The van der Waals surface area contributed by atoms with E-state index in [1.54, 1.807) is 18.3 Å². The molecule has 0 aliphatic carbocycles. The minimum atomic E-state index is -0.121. The van der Waals surface area contributed by atoms with Gasteiger partial charge in [0.15, 0.2) is 0 Å². The zero-order chi connectivity index (χ0) is 9.68. The molecule has 3 nitrogen and oxygen atoms in total. The highest BCUT2D eigenvalue weighted by Gasteiger charge is 2.05. The fourth-order valence-corrected chi connectivity index (χ4v) is 1.10. The van der Waals surface area contributed by atoms with Gasteiger partial charge in [0, 0.05) is 6.20 Å². The number of nitrogens with two attached hydrogens (primary N) is 1. The second-order valence-corrected chi connectivity index (χ2v) is 2.88. The molecule has 1 unspecified atom stereocenters. The van der Waals surface area contributed by atoms with Crippen molar-refractivity contribution in [2.45, 2.75) is 19.1 Å². The lowest BCUT2D eigenvalue weighted by atomic mass is 10.1. The summed E-state index contributed by atoms with van der Waals surface area (Å²) in [7, 11) is 0. The largest absolute Gasteiger partial charge is 0.392 e. The Bertz CT molecular complexity index is 286.